The molecule has 0 bridgehead atoms. The summed E-state index contributed by atoms with van der Waals surface area (Å²) in [6.45, 7) is 0.633. The van der Waals surface area contributed by atoms with E-state index < -0.39 is 5.60 Å². The Balaban J connectivity index is 1.98. The fraction of sp³-hybridized carbons (Fsp3) is 0.647. The van der Waals surface area contributed by atoms with E-state index in [1.54, 1.807) is 7.11 Å². The zero-order valence-corrected chi connectivity index (χ0v) is 12.3. The summed E-state index contributed by atoms with van der Waals surface area (Å²) in [6.07, 6.45) is 7.16. The Kier molecular flexibility index (Phi) is 3.51. The van der Waals surface area contributed by atoms with Crippen molar-refractivity contribution in [1.29, 1.82) is 0 Å². The highest BCUT2D eigenvalue weighted by Crippen LogP contribution is 2.55. The van der Waals surface area contributed by atoms with Gasteiger partial charge in [-0.3, -0.25) is 0 Å². The SMILES string of the molecule is COc1ccc2c(c1)CC2(CCN)C1(O)CCCCC1. The van der Waals surface area contributed by atoms with Gasteiger partial charge in [0.2, 0.25) is 0 Å². The van der Waals surface area contributed by atoms with Crippen molar-refractivity contribution in [1.82, 2.24) is 0 Å². The van der Waals surface area contributed by atoms with Crippen LogP contribution in [0.2, 0.25) is 0 Å². The highest BCUT2D eigenvalue weighted by molar-refractivity contribution is 5.51. The summed E-state index contributed by atoms with van der Waals surface area (Å²) in [5.41, 5.74) is 7.80. The van der Waals surface area contributed by atoms with Crippen molar-refractivity contribution in [3.8, 4) is 5.75 Å². The van der Waals surface area contributed by atoms with E-state index in [1.807, 2.05) is 6.07 Å². The molecule has 3 nitrogen and oxygen atoms in total. The van der Waals surface area contributed by atoms with Crippen molar-refractivity contribution >= 4 is 0 Å². The highest BCUT2D eigenvalue weighted by Gasteiger charge is 2.56. The smallest absolute Gasteiger partial charge is 0.119 e. The monoisotopic (exact) mass is 275 g/mol. The quantitative estimate of drug-likeness (QED) is 0.888. The summed E-state index contributed by atoms with van der Waals surface area (Å²) in [7, 11) is 1.70. The van der Waals surface area contributed by atoms with Crippen LogP contribution < -0.4 is 10.5 Å². The lowest BCUT2D eigenvalue weighted by atomic mass is 9.51. The van der Waals surface area contributed by atoms with Gasteiger partial charge in [-0.1, -0.05) is 25.3 Å². The van der Waals surface area contributed by atoms with Crippen LogP contribution in [0.1, 0.15) is 49.7 Å². The average molecular weight is 275 g/mol. The van der Waals surface area contributed by atoms with E-state index in [0.29, 0.717) is 6.54 Å². The maximum Gasteiger partial charge on any atom is 0.119 e. The zero-order chi connectivity index (χ0) is 14.2. The van der Waals surface area contributed by atoms with Crippen molar-refractivity contribution in [2.24, 2.45) is 5.73 Å². The van der Waals surface area contributed by atoms with Crippen molar-refractivity contribution in [3.63, 3.8) is 0 Å². The number of aliphatic hydroxyl groups is 1. The number of hydrogen-bond donors (Lipinski definition) is 2. The van der Waals surface area contributed by atoms with E-state index in [0.717, 1.165) is 44.3 Å². The van der Waals surface area contributed by atoms with E-state index in [4.69, 9.17) is 10.5 Å². The molecule has 20 heavy (non-hydrogen) atoms. The van der Waals surface area contributed by atoms with E-state index >= 15 is 0 Å². The third-order valence-electron chi connectivity index (χ3n) is 5.46. The maximum absolute atomic E-state index is 11.3. The van der Waals surface area contributed by atoms with Crippen LogP contribution in [-0.4, -0.2) is 24.4 Å². The summed E-state index contributed by atoms with van der Waals surface area (Å²) in [5, 5.41) is 11.3. The predicted molar refractivity (Wildman–Crippen MR) is 80.1 cm³/mol. The fourth-order valence-corrected chi connectivity index (χ4v) is 4.36. The molecule has 0 saturated heterocycles. The second-order valence-electron chi connectivity index (χ2n) is 6.41. The van der Waals surface area contributed by atoms with E-state index in [9.17, 15) is 5.11 Å². The Morgan fingerprint density at radius 2 is 2.00 bits per heavy atom. The molecule has 110 valence electrons. The first-order valence-electron chi connectivity index (χ1n) is 7.75. The van der Waals surface area contributed by atoms with Gasteiger partial charge in [0, 0.05) is 5.41 Å². The molecular formula is C17H25NO2. The second kappa shape index (κ2) is 5.05. The lowest BCUT2D eigenvalue weighted by molar-refractivity contribution is -0.0820. The largest absolute Gasteiger partial charge is 0.497 e. The predicted octanol–water partition coefficient (Wildman–Crippen LogP) is 2.53. The van der Waals surface area contributed by atoms with Crippen molar-refractivity contribution in [2.45, 2.75) is 56.0 Å². The molecule has 0 aliphatic heterocycles. The second-order valence-corrected chi connectivity index (χ2v) is 6.41. The average Bonchev–Trinajstić information content (AvgIpc) is 2.44. The van der Waals surface area contributed by atoms with E-state index in [-0.39, 0.29) is 5.41 Å². The number of nitrogens with two attached hydrogens (primary N) is 1. The molecule has 0 heterocycles. The van der Waals surface area contributed by atoms with Crippen LogP contribution in [0.3, 0.4) is 0 Å². The summed E-state index contributed by atoms with van der Waals surface area (Å²) in [6, 6.07) is 6.26. The summed E-state index contributed by atoms with van der Waals surface area (Å²) in [4.78, 5) is 0. The molecule has 0 radical (unpaired) electrons. The topological polar surface area (TPSA) is 55.5 Å². The molecule has 0 spiro atoms. The Morgan fingerprint density at radius 1 is 1.25 bits per heavy atom. The molecule has 3 heteroatoms. The van der Waals surface area contributed by atoms with E-state index in [1.165, 1.54) is 17.5 Å². The van der Waals surface area contributed by atoms with Crippen LogP contribution in [0.25, 0.3) is 0 Å². The lowest BCUT2D eigenvalue weighted by Crippen LogP contribution is -2.59. The van der Waals surface area contributed by atoms with Gasteiger partial charge in [-0.2, -0.15) is 0 Å². The van der Waals surface area contributed by atoms with Crippen molar-refractivity contribution < 1.29 is 9.84 Å². The molecule has 1 saturated carbocycles. The molecule has 1 aromatic carbocycles. The molecule has 2 aliphatic carbocycles. The van der Waals surface area contributed by atoms with Crippen LogP contribution in [0.5, 0.6) is 5.75 Å². The standard InChI is InChI=1S/C17H25NO2/c1-20-14-5-6-15-13(11-14)12-16(15,9-10-18)17(19)7-3-2-4-8-17/h5-6,11,19H,2-4,7-10,12,18H2,1H3. The van der Waals surface area contributed by atoms with Gasteiger partial charge in [-0.15, -0.1) is 0 Å². The Labute approximate surface area is 121 Å². The van der Waals surface area contributed by atoms with E-state index in [2.05, 4.69) is 12.1 Å². The normalized spacial score (nSPS) is 27.6. The molecule has 0 aromatic heterocycles. The molecule has 1 atom stereocenters. The number of ether oxygens (including phenoxy) is 1. The fourth-order valence-electron chi connectivity index (χ4n) is 4.36. The van der Waals surface area contributed by atoms with Crippen LogP contribution in [0, 0.1) is 0 Å². The van der Waals surface area contributed by atoms with Crippen LogP contribution in [0.15, 0.2) is 18.2 Å². The number of rotatable bonds is 4. The minimum absolute atomic E-state index is 0.121. The highest BCUT2D eigenvalue weighted by atomic mass is 16.5. The zero-order valence-electron chi connectivity index (χ0n) is 12.3. The molecule has 1 fully saturated rings. The third kappa shape index (κ3) is 1.87. The molecule has 1 unspecified atom stereocenters. The third-order valence-corrected chi connectivity index (χ3v) is 5.46. The number of hydrogen-bond acceptors (Lipinski definition) is 3. The Hall–Kier alpha value is -1.06. The summed E-state index contributed by atoms with van der Waals surface area (Å²) >= 11 is 0. The minimum atomic E-state index is -0.563. The van der Waals surface area contributed by atoms with Gasteiger partial charge >= 0.3 is 0 Å². The first kappa shape index (κ1) is 13.9. The van der Waals surface area contributed by atoms with Crippen LogP contribution >= 0.6 is 0 Å². The van der Waals surface area contributed by atoms with Gasteiger partial charge in [-0.25, -0.2) is 0 Å². The van der Waals surface area contributed by atoms with Crippen LogP contribution in [-0.2, 0) is 11.8 Å². The minimum Gasteiger partial charge on any atom is -0.497 e. The molecule has 0 amide bonds. The van der Waals surface area contributed by atoms with Gasteiger partial charge in [0.05, 0.1) is 12.7 Å². The summed E-state index contributed by atoms with van der Waals surface area (Å²) in [5.74, 6) is 0.903. The molecule has 3 rings (SSSR count). The summed E-state index contributed by atoms with van der Waals surface area (Å²) < 4.78 is 5.30. The number of benzene rings is 1. The van der Waals surface area contributed by atoms with Gasteiger partial charge in [0.1, 0.15) is 5.75 Å². The van der Waals surface area contributed by atoms with Crippen LogP contribution in [0.4, 0.5) is 0 Å². The Bertz CT molecular complexity index is 494. The molecular weight excluding hydrogens is 250 g/mol. The molecule has 3 N–H and O–H groups in total. The first-order chi connectivity index (χ1) is 9.65. The number of methoxy groups -OCH3 is 1. The maximum atomic E-state index is 11.3. The van der Waals surface area contributed by atoms with Gasteiger partial charge < -0.3 is 15.6 Å². The van der Waals surface area contributed by atoms with Gasteiger partial charge in [0.25, 0.3) is 0 Å². The van der Waals surface area contributed by atoms with Gasteiger partial charge in [-0.05, 0) is 55.5 Å². The molecule has 2 aliphatic rings. The first-order valence-corrected chi connectivity index (χ1v) is 7.75. The van der Waals surface area contributed by atoms with Crippen molar-refractivity contribution in [3.05, 3.63) is 29.3 Å². The number of fused-ring (bicyclic) bond motifs is 1. The van der Waals surface area contributed by atoms with Gasteiger partial charge in [0.15, 0.2) is 0 Å². The Morgan fingerprint density at radius 3 is 2.60 bits per heavy atom. The molecule has 1 aromatic rings. The van der Waals surface area contributed by atoms with Crippen molar-refractivity contribution in [2.75, 3.05) is 13.7 Å². The lowest BCUT2D eigenvalue weighted by Gasteiger charge is -2.56.